The number of ether oxygens (including phenoxy) is 1. The van der Waals surface area contributed by atoms with Gasteiger partial charge in [-0.1, -0.05) is 5.16 Å². The van der Waals surface area contributed by atoms with E-state index in [1.54, 1.807) is 0 Å². The molecule has 3 rings (SSSR count). The number of aromatic nitrogens is 1. The van der Waals surface area contributed by atoms with Crippen molar-refractivity contribution in [3.8, 4) is 0 Å². The molecule has 0 spiro atoms. The summed E-state index contributed by atoms with van der Waals surface area (Å²) < 4.78 is 10.4. The maximum atomic E-state index is 12.7. The number of rotatable bonds is 3. The molecule has 2 aliphatic rings. The summed E-state index contributed by atoms with van der Waals surface area (Å²) in [5.41, 5.74) is 1.63. The molecule has 0 aromatic carbocycles. The summed E-state index contributed by atoms with van der Waals surface area (Å²) in [6, 6.07) is 0. The Morgan fingerprint density at radius 1 is 1.17 bits per heavy atom. The van der Waals surface area contributed by atoms with Crippen LogP contribution in [-0.2, 0) is 20.7 Å². The van der Waals surface area contributed by atoms with E-state index >= 15 is 0 Å². The largest absolute Gasteiger partial charge is 0.378 e. The van der Waals surface area contributed by atoms with Crippen LogP contribution in [0.25, 0.3) is 0 Å². The number of piperidine rings is 1. The van der Waals surface area contributed by atoms with Crippen LogP contribution >= 0.6 is 0 Å². The molecule has 0 radical (unpaired) electrons. The van der Waals surface area contributed by atoms with Crippen molar-refractivity contribution in [2.45, 2.75) is 33.1 Å². The van der Waals surface area contributed by atoms with E-state index < -0.39 is 0 Å². The highest BCUT2D eigenvalue weighted by Gasteiger charge is 2.32. The van der Waals surface area contributed by atoms with E-state index in [-0.39, 0.29) is 17.7 Å². The lowest BCUT2D eigenvalue weighted by Crippen LogP contribution is -2.49. The molecule has 0 unspecified atom stereocenters. The third-order valence-corrected chi connectivity index (χ3v) is 4.96. The summed E-state index contributed by atoms with van der Waals surface area (Å²) in [6.07, 6.45) is 2.01. The molecule has 1 aromatic heterocycles. The Morgan fingerprint density at radius 3 is 2.58 bits per heavy atom. The third kappa shape index (κ3) is 3.61. The molecule has 0 saturated carbocycles. The smallest absolute Gasteiger partial charge is 0.227 e. The number of hydrogen-bond acceptors (Lipinski definition) is 5. The molecule has 7 nitrogen and oxygen atoms in total. The zero-order chi connectivity index (χ0) is 17.1. The SMILES string of the molecule is Cc1noc(C)c1CC(=O)N1CCC[C@H](C(=O)N2CCOCC2)C1. The van der Waals surface area contributed by atoms with Gasteiger partial charge in [-0.15, -0.1) is 0 Å². The maximum Gasteiger partial charge on any atom is 0.227 e. The van der Waals surface area contributed by atoms with Crippen LogP contribution in [-0.4, -0.2) is 66.2 Å². The summed E-state index contributed by atoms with van der Waals surface area (Å²) in [6.45, 7) is 7.42. The average molecular weight is 335 g/mol. The molecule has 3 heterocycles. The van der Waals surface area contributed by atoms with Crippen LogP contribution in [0.15, 0.2) is 4.52 Å². The number of carbonyl (C=O) groups excluding carboxylic acids is 2. The molecule has 132 valence electrons. The minimum Gasteiger partial charge on any atom is -0.378 e. The summed E-state index contributed by atoms with van der Waals surface area (Å²) in [5.74, 6) is 0.807. The monoisotopic (exact) mass is 335 g/mol. The lowest BCUT2D eigenvalue weighted by molar-refractivity contribution is -0.143. The van der Waals surface area contributed by atoms with E-state index in [0.29, 0.717) is 45.0 Å². The van der Waals surface area contributed by atoms with Crippen LogP contribution in [0.3, 0.4) is 0 Å². The standard InChI is InChI=1S/C17H25N3O4/c1-12-15(13(2)24-18-12)10-16(21)20-5-3-4-14(11-20)17(22)19-6-8-23-9-7-19/h14H,3-11H2,1-2H3/t14-/m0/s1. The number of likely N-dealkylation sites (tertiary alicyclic amines) is 1. The minimum atomic E-state index is -0.0922. The Balaban J connectivity index is 1.60. The molecule has 1 aromatic rings. The van der Waals surface area contributed by atoms with Crippen molar-refractivity contribution >= 4 is 11.8 Å². The number of carbonyl (C=O) groups is 2. The van der Waals surface area contributed by atoms with E-state index in [9.17, 15) is 9.59 Å². The number of aryl methyl sites for hydroxylation is 2. The number of morpholine rings is 1. The zero-order valence-electron chi connectivity index (χ0n) is 14.4. The first-order valence-corrected chi connectivity index (χ1v) is 8.62. The summed E-state index contributed by atoms with van der Waals surface area (Å²) >= 11 is 0. The highest BCUT2D eigenvalue weighted by molar-refractivity contribution is 5.82. The second-order valence-electron chi connectivity index (χ2n) is 6.60. The van der Waals surface area contributed by atoms with E-state index in [4.69, 9.17) is 9.26 Å². The highest BCUT2D eigenvalue weighted by Crippen LogP contribution is 2.21. The molecule has 0 N–H and O–H groups in total. The van der Waals surface area contributed by atoms with Gasteiger partial charge in [0, 0.05) is 31.7 Å². The van der Waals surface area contributed by atoms with E-state index in [1.165, 1.54) is 0 Å². The quantitative estimate of drug-likeness (QED) is 0.821. The van der Waals surface area contributed by atoms with Crippen LogP contribution < -0.4 is 0 Å². The highest BCUT2D eigenvalue weighted by atomic mass is 16.5. The van der Waals surface area contributed by atoms with Gasteiger partial charge >= 0.3 is 0 Å². The summed E-state index contributed by atoms with van der Waals surface area (Å²) in [4.78, 5) is 29.0. The third-order valence-electron chi connectivity index (χ3n) is 4.96. The Bertz CT molecular complexity index is 587. The van der Waals surface area contributed by atoms with Crippen molar-refractivity contribution < 1.29 is 18.8 Å². The average Bonchev–Trinajstić information content (AvgIpc) is 2.94. The second kappa shape index (κ2) is 7.34. The van der Waals surface area contributed by atoms with Crippen LogP contribution in [0.2, 0.25) is 0 Å². The molecule has 2 saturated heterocycles. The molecule has 2 amide bonds. The van der Waals surface area contributed by atoms with Gasteiger partial charge in [0.15, 0.2) is 0 Å². The predicted octanol–water partition coefficient (Wildman–Crippen LogP) is 0.931. The van der Waals surface area contributed by atoms with E-state index in [1.807, 2.05) is 23.6 Å². The Hall–Kier alpha value is -1.89. The predicted molar refractivity (Wildman–Crippen MR) is 86.4 cm³/mol. The topological polar surface area (TPSA) is 75.9 Å². The van der Waals surface area contributed by atoms with Gasteiger partial charge in [0.2, 0.25) is 11.8 Å². The second-order valence-corrected chi connectivity index (χ2v) is 6.60. The van der Waals surface area contributed by atoms with Gasteiger partial charge in [-0.25, -0.2) is 0 Å². The maximum absolute atomic E-state index is 12.7. The van der Waals surface area contributed by atoms with Gasteiger partial charge < -0.3 is 19.1 Å². The first kappa shape index (κ1) is 17.0. The first-order chi connectivity index (χ1) is 11.6. The van der Waals surface area contributed by atoms with Crippen molar-refractivity contribution in [3.05, 3.63) is 17.0 Å². The van der Waals surface area contributed by atoms with Crippen molar-refractivity contribution in [1.29, 1.82) is 0 Å². The fourth-order valence-electron chi connectivity index (χ4n) is 3.46. The molecule has 1 atom stereocenters. The van der Waals surface area contributed by atoms with Crippen molar-refractivity contribution in [1.82, 2.24) is 15.0 Å². The van der Waals surface area contributed by atoms with Gasteiger partial charge in [0.1, 0.15) is 5.76 Å². The first-order valence-electron chi connectivity index (χ1n) is 8.62. The van der Waals surface area contributed by atoms with Crippen LogP contribution in [0.5, 0.6) is 0 Å². The summed E-state index contributed by atoms with van der Waals surface area (Å²) in [5, 5.41) is 3.90. The van der Waals surface area contributed by atoms with Crippen LogP contribution in [0, 0.1) is 19.8 Å². The fourth-order valence-corrected chi connectivity index (χ4v) is 3.46. The van der Waals surface area contributed by atoms with Crippen LogP contribution in [0.4, 0.5) is 0 Å². The zero-order valence-corrected chi connectivity index (χ0v) is 14.4. The summed E-state index contributed by atoms with van der Waals surface area (Å²) in [7, 11) is 0. The van der Waals surface area contributed by atoms with Gasteiger partial charge in [-0.2, -0.15) is 0 Å². The van der Waals surface area contributed by atoms with Gasteiger partial charge in [-0.05, 0) is 26.7 Å². The molecular weight excluding hydrogens is 310 g/mol. The molecule has 0 bridgehead atoms. The molecule has 7 heteroatoms. The van der Waals surface area contributed by atoms with Gasteiger partial charge in [-0.3, -0.25) is 9.59 Å². The fraction of sp³-hybridized carbons (Fsp3) is 0.706. The Labute approximate surface area is 141 Å². The number of hydrogen-bond donors (Lipinski definition) is 0. The lowest BCUT2D eigenvalue weighted by Gasteiger charge is -2.36. The van der Waals surface area contributed by atoms with E-state index in [0.717, 1.165) is 30.6 Å². The molecule has 0 aliphatic carbocycles. The van der Waals surface area contributed by atoms with Crippen LogP contribution in [0.1, 0.15) is 29.9 Å². The molecular formula is C17H25N3O4. The minimum absolute atomic E-state index is 0.0453. The van der Waals surface area contributed by atoms with E-state index in [2.05, 4.69) is 5.16 Å². The molecule has 2 fully saturated rings. The van der Waals surface area contributed by atoms with Crippen molar-refractivity contribution in [2.24, 2.45) is 5.92 Å². The molecule has 24 heavy (non-hydrogen) atoms. The normalized spacial score (nSPS) is 21.8. The van der Waals surface area contributed by atoms with Crippen molar-refractivity contribution in [3.63, 3.8) is 0 Å². The van der Waals surface area contributed by atoms with Crippen molar-refractivity contribution in [2.75, 3.05) is 39.4 Å². The van der Waals surface area contributed by atoms with Gasteiger partial charge in [0.05, 0.1) is 31.2 Å². The Kier molecular flexibility index (Phi) is 5.18. The number of nitrogens with zero attached hydrogens (tertiary/aromatic N) is 3. The Morgan fingerprint density at radius 2 is 1.92 bits per heavy atom. The molecule has 2 aliphatic heterocycles. The lowest BCUT2D eigenvalue weighted by atomic mass is 9.95. The van der Waals surface area contributed by atoms with Gasteiger partial charge in [0.25, 0.3) is 0 Å². The number of amides is 2.